The number of hydrogen-bond acceptors (Lipinski definition) is 4. The van der Waals surface area contributed by atoms with Gasteiger partial charge in [-0.1, -0.05) is 30.3 Å². The fraction of sp³-hybridized carbons (Fsp3) is 0.357. The Kier molecular flexibility index (Phi) is 5.86. The van der Waals surface area contributed by atoms with Crippen LogP contribution in [0.1, 0.15) is 31.4 Å². The first-order valence-corrected chi connectivity index (χ1v) is 6.17. The van der Waals surface area contributed by atoms with Crippen molar-refractivity contribution in [1.29, 1.82) is 0 Å². The highest BCUT2D eigenvalue weighted by Gasteiger charge is 2.24. The van der Waals surface area contributed by atoms with Crippen LogP contribution in [-0.2, 0) is 14.4 Å². The highest BCUT2D eigenvalue weighted by atomic mass is 16.4. The fourth-order valence-electron chi connectivity index (χ4n) is 1.64. The van der Waals surface area contributed by atoms with Crippen LogP contribution in [0.25, 0.3) is 0 Å². The first-order chi connectivity index (χ1) is 9.41. The third kappa shape index (κ3) is 4.81. The second-order valence-corrected chi connectivity index (χ2v) is 4.45. The summed E-state index contributed by atoms with van der Waals surface area (Å²) in [6.45, 7) is 1.35. The summed E-state index contributed by atoms with van der Waals surface area (Å²) >= 11 is 0. The maximum Gasteiger partial charge on any atom is 0.326 e. The van der Waals surface area contributed by atoms with Crippen LogP contribution in [0.2, 0.25) is 0 Å². The van der Waals surface area contributed by atoms with Crippen LogP contribution in [0, 0.1) is 0 Å². The molecule has 6 heteroatoms. The smallest absolute Gasteiger partial charge is 0.326 e. The Balaban J connectivity index is 2.66. The lowest BCUT2D eigenvalue weighted by atomic mass is 10.1. The van der Waals surface area contributed by atoms with Crippen LogP contribution in [0.15, 0.2) is 30.3 Å². The van der Waals surface area contributed by atoms with Gasteiger partial charge in [-0.25, -0.2) is 4.79 Å². The largest absolute Gasteiger partial charge is 0.480 e. The standard InChI is InChI=1S/C14H17NO5/c1-9(16)7-8-11(14(19)20)15-13(18)12(17)10-5-3-2-4-6-10/h2-6,11-12,17H,7-8H2,1H3,(H,15,18)(H,19,20)/t11-,12+/m1/s1. The van der Waals surface area contributed by atoms with Crippen LogP contribution in [-0.4, -0.2) is 33.9 Å². The number of carbonyl (C=O) groups excluding carboxylic acids is 2. The summed E-state index contributed by atoms with van der Waals surface area (Å²) in [5, 5.41) is 21.0. The Labute approximate surface area is 116 Å². The molecule has 1 amide bonds. The number of Topliss-reactive ketones (excluding diaryl/α,β-unsaturated/α-hetero) is 1. The highest BCUT2D eigenvalue weighted by Crippen LogP contribution is 2.12. The van der Waals surface area contributed by atoms with Crippen molar-refractivity contribution in [3.63, 3.8) is 0 Å². The van der Waals surface area contributed by atoms with E-state index in [1.165, 1.54) is 6.92 Å². The van der Waals surface area contributed by atoms with Crippen molar-refractivity contribution in [2.75, 3.05) is 0 Å². The molecule has 3 N–H and O–H groups in total. The maximum atomic E-state index is 11.8. The van der Waals surface area contributed by atoms with Gasteiger partial charge >= 0.3 is 5.97 Å². The van der Waals surface area contributed by atoms with Crippen LogP contribution in [0.4, 0.5) is 0 Å². The predicted octanol–water partition coefficient (Wildman–Crippen LogP) is 0.659. The van der Waals surface area contributed by atoms with E-state index in [4.69, 9.17) is 5.11 Å². The summed E-state index contributed by atoms with van der Waals surface area (Å²) in [5.41, 5.74) is 0.376. The topological polar surface area (TPSA) is 104 Å². The van der Waals surface area contributed by atoms with Crippen LogP contribution in [0.3, 0.4) is 0 Å². The van der Waals surface area contributed by atoms with Crippen LogP contribution < -0.4 is 5.32 Å². The molecule has 0 aliphatic rings. The molecule has 0 saturated heterocycles. The summed E-state index contributed by atoms with van der Waals surface area (Å²) in [5.74, 6) is -2.19. The summed E-state index contributed by atoms with van der Waals surface area (Å²) < 4.78 is 0. The fourth-order valence-corrected chi connectivity index (χ4v) is 1.64. The molecule has 0 aliphatic carbocycles. The molecule has 0 aliphatic heterocycles. The normalized spacial score (nSPS) is 13.3. The number of rotatable bonds is 7. The second kappa shape index (κ2) is 7.40. The number of aliphatic hydroxyl groups is 1. The van der Waals surface area contributed by atoms with Gasteiger partial charge in [0.05, 0.1) is 0 Å². The molecule has 0 bridgehead atoms. The van der Waals surface area contributed by atoms with Crippen molar-refractivity contribution in [2.45, 2.75) is 31.9 Å². The van der Waals surface area contributed by atoms with Crippen molar-refractivity contribution in [1.82, 2.24) is 5.32 Å². The maximum absolute atomic E-state index is 11.8. The molecule has 0 unspecified atom stereocenters. The molecule has 20 heavy (non-hydrogen) atoms. The molecule has 6 nitrogen and oxygen atoms in total. The zero-order chi connectivity index (χ0) is 15.1. The molecule has 1 aromatic rings. The number of aliphatic carboxylic acids is 1. The monoisotopic (exact) mass is 279 g/mol. The van der Waals surface area contributed by atoms with E-state index in [-0.39, 0.29) is 18.6 Å². The third-order valence-electron chi connectivity index (χ3n) is 2.76. The van der Waals surface area contributed by atoms with Crippen molar-refractivity contribution in [2.24, 2.45) is 0 Å². The average molecular weight is 279 g/mol. The Bertz CT molecular complexity index is 486. The first-order valence-electron chi connectivity index (χ1n) is 6.17. The van der Waals surface area contributed by atoms with Gasteiger partial charge in [0.2, 0.25) is 0 Å². The third-order valence-corrected chi connectivity index (χ3v) is 2.76. The molecule has 2 atom stereocenters. The first kappa shape index (κ1) is 15.8. The van der Waals surface area contributed by atoms with Crippen molar-refractivity contribution in [3.05, 3.63) is 35.9 Å². The van der Waals surface area contributed by atoms with Gasteiger partial charge in [0.25, 0.3) is 5.91 Å². The Hall–Kier alpha value is -2.21. The lowest BCUT2D eigenvalue weighted by molar-refractivity contribution is -0.143. The van der Waals surface area contributed by atoms with Gasteiger partial charge in [0.1, 0.15) is 11.8 Å². The minimum atomic E-state index is -1.43. The van der Waals surface area contributed by atoms with E-state index in [0.717, 1.165) is 0 Å². The zero-order valence-corrected chi connectivity index (χ0v) is 11.1. The average Bonchev–Trinajstić information content (AvgIpc) is 2.42. The number of carboxylic acids is 1. The van der Waals surface area contributed by atoms with E-state index in [0.29, 0.717) is 5.56 Å². The minimum Gasteiger partial charge on any atom is -0.480 e. The number of nitrogens with one attached hydrogen (secondary N) is 1. The Morgan fingerprint density at radius 1 is 1.20 bits per heavy atom. The molecule has 108 valence electrons. The summed E-state index contributed by atoms with van der Waals surface area (Å²) in [6.07, 6.45) is -1.38. The number of benzene rings is 1. The number of hydrogen-bond donors (Lipinski definition) is 3. The summed E-state index contributed by atoms with van der Waals surface area (Å²) in [4.78, 5) is 33.6. The Morgan fingerprint density at radius 3 is 2.30 bits per heavy atom. The van der Waals surface area contributed by atoms with Gasteiger partial charge in [-0.3, -0.25) is 4.79 Å². The molecule has 0 spiro atoms. The lowest BCUT2D eigenvalue weighted by Crippen LogP contribution is -2.43. The van der Waals surface area contributed by atoms with E-state index in [2.05, 4.69) is 5.32 Å². The lowest BCUT2D eigenvalue weighted by Gasteiger charge is -2.17. The van der Waals surface area contributed by atoms with Gasteiger partial charge in [-0.2, -0.15) is 0 Å². The number of aliphatic hydroxyl groups excluding tert-OH is 1. The number of amides is 1. The molecule has 0 saturated carbocycles. The molecular formula is C14H17NO5. The molecule has 1 rings (SSSR count). The number of carboxylic acid groups (broad SMARTS) is 1. The van der Waals surface area contributed by atoms with Gasteiger partial charge in [0, 0.05) is 6.42 Å². The molecule has 0 fully saturated rings. The van der Waals surface area contributed by atoms with Crippen molar-refractivity contribution < 1.29 is 24.6 Å². The van der Waals surface area contributed by atoms with Crippen molar-refractivity contribution in [3.8, 4) is 0 Å². The van der Waals surface area contributed by atoms with Crippen LogP contribution in [0.5, 0.6) is 0 Å². The number of ketones is 1. The SMILES string of the molecule is CC(=O)CC[C@@H](NC(=O)[C@@H](O)c1ccccc1)C(=O)O. The van der Waals surface area contributed by atoms with E-state index in [9.17, 15) is 19.5 Å². The quantitative estimate of drug-likeness (QED) is 0.680. The Morgan fingerprint density at radius 2 is 1.80 bits per heavy atom. The number of carbonyl (C=O) groups is 3. The minimum absolute atomic E-state index is 0.00207. The van der Waals surface area contributed by atoms with Gasteiger partial charge in [-0.15, -0.1) is 0 Å². The zero-order valence-electron chi connectivity index (χ0n) is 11.1. The summed E-state index contributed by atoms with van der Waals surface area (Å²) in [7, 11) is 0. The molecule has 0 aromatic heterocycles. The van der Waals surface area contributed by atoms with E-state index in [1.807, 2.05) is 0 Å². The van der Waals surface area contributed by atoms with E-state index >= 15 is 0 Å². The molecule has 1 aromatic carbocycles. The molecule has 0 radical (unpaired) electrons. The predicted molar refractivity (Wildman–Crippen MR) is 70.9 cm³/mol. The summed E-state index contributed by atoms with van der Waals surface area (Å²) in [6, 6.07) is 7.00. The van der Waals surface area contributed by atoms with Gasteiger partial charge in [-0.05, 0) is 18.9 Å². The highest BCUT2D eigenvalue weighted by molar-refractivity contribution is 5.87. The molecule has 0 heterocycles. The van der Waals surface area contributed by atoms with Gasteiger partial charge in [0.15, 0.2) is 6.10 Å². The molecular weight excluding hydrogens is 262 g/mol. The second-order valence-electron chi connectivity index (χ2n) is 4.45. The van der Waals surface area contributed by atoms with E-state index < -0.39 is 24.0 Å². The van der Waals surface area contributed by atoms with Crippen molar-refractivity contribution >= 4 is 17.7 Å². The van der Waals surface area contributed by atoms with Crippen LogP contribution >= 0.6 is 0 Å². The van der Waals surface area contributed by atoms with E-state index in [1.54, 1.807) is 30.3 Å². The van der Waals surface area contributed by atoms with Gasteiger partial charge < -0.3 is 20.3 Å².